The molecule has 0 atom stereocenters. The Balaban J connectivity index is 2.10. The van der Waals surface area contributed by atoms with Gasteiger partial charge in [-0.1, -0.05) is 18.2 Å². The van der Waals surface area contributed by atoms with Gasteiger partial charge in [-0.05, 0) is 36.2 Å². The van der Waals surface area contributed by atoms with Gasteiger partial charge >= 0.3 is 0 Å². The lowest BCUT2D eigenvalue weighted by atomic mass is 10.1. The van der Waals surface area contributed by atoms with Gasteiger partial charge in [0.2, 0.25) is 0 Å². The summed E-state index contributed by atoms with van der Waals surface area (Å²) in [6.45, 7) is 2.57. The second kappa shape index (κ2) is 5.61. The van der Waals surface area contributed by atoms with Crippen LogP contribution in [0.15, 0.2) is 36.4 Å². The number of hydrogen-bond acceptors (Lipinski definition) is 3. The van der Waals surface area contributed by atoms with Crippen LogP contribution in [0.5, 0.6) is 5.75 Å². The average Bonchev–Trinajstić information content (AvgIpc) is 2.40. The van der Waals surface area contributed by atoms with Gasteiger partial charge < -0.3 is 15.8 Å². The molecule has 0 fully saturated rings. The van der Waals surface area contributed by atoms with Crippen molar-refractivity contribution in [3.05, 3.63) is 53.3 Å². The Morgan fingerprint density at radius 2 is 2.05 bits per heavy atom. The molecule has 19 heavy (non-hydrogen) atoms. The number of nitrogens with one attached hydrogen (secondary N) is 1. The van der Waals surface area contributed by atoms with E-state index in [4.69, 9.17) is 10.5 Å². The molecule has 0 radical (unpaired) electrons. The molecule has 0 amide bonds. The fourth-order valence-corrected chi connectivity index (χ4v) is 1.94. The zero-order valence-electron chi connectivity index (χ0n) is 11.0. The Morgan fingerprint density at radius 1 is 1.26 bits per heavy atom. The Kier molecular flexibility index (Phi) is 3.90. The normalized spacial score (nSPS) is 10.3. The Morgan fingerprint density at radius 3 is 2.74 bits per heavy atom. The van der Waals surface area contributed by atoms with Gasteiger partial charge in [-0.2, -0.15) is 0 Å². The van der Waals surface area contributed by atoms with Crippen molar-refractivity contribution in [1.82, 2.24) is 0 Å². The summed E-state index contributed by atoms with van der Waals surface area (Å²) < 4.78 is 18.5. The van der Waals surface area contributed by atoms with E-state index < -0.39 is 5.82 Å². The Bertz CT molecular complexity index is 584. The molecule has 2 aromatic carbocycles. The Labute approximate surface area is 112 Å². The van der Waals surface area contributed by atoms with Gasteiger partial charge in [0, 0.05) is 6.54 Å². The number of nitrogen functional groups attached to an aromatic ring is 1. The first-order valence-corrected chi connectivity index (χ1v) is 6.03. The van der Waals surface area contributed by atoms with E-state index in [-0.39, 0.29) is 5.69 Å². The number of aryl methyl sites for hydroxylation is 1. The van der Waals surface area contributed by atoms with Crippen molar-refractivity contribution in [1.29, 1.82) is 0 Å². The Hall–Kier alpha value is -2.23. The zero-order valence-corrected chi connectivity index (χ0v) is 11.0. The minimum absolute atomic E-state index is 0.146. The smallest absolute Gasteiger partial charge is 0.148 e. The second-order valence-electron chi connectivity index (χ2n) is 4.36. The molecule has 0 aliphatic rings. The molecular weight excluding hydrogens is 243 g/mol. The summed E-state index contributed by atoms with van der Waals surface area (Å²) in [5.74, 6) is 0.449. The van der Waals surface area contributed by atoms with Crippen molar-refractivity contribution in [2.24, 2.45) is 0 Å². The van der Waals surface area contributed by atoms with Crippen molar-refractivity contribution in [3.8, 4) is 5.75 Å². The number of para-hydroxylation sites is 1. The average molecular weight is 260 g/mol. The van der Waals surface area contributed by atoms with Crippen molar-refractivity contribution in [2.75, 3.05) is 18.2 Å². The largest absolute Gasteiger partial charge is 0.496 e. The molecule has 2 rings (SSSR count). The third kappa shape index (κ3) is 2.96. The molecule has 0 aliphatic heterocycles. The molecular formula is C15H17FN2O. The number of hydrogen-bond donors (Lipinski definition) is 2. The summed E-state index contributed by atoms with van der Waals surface area (Å²) in [5, 5.41) is 3.13. The first-order valence-electron chi connectivity index (χ1n) is 6.03. The topological polar surface area (TPSA) is 47.3 Å². The number of rotatable bonds is 4. The van der Waals surface area contributed by atoms with E-state index in [0.717, 1.165) is 16.9 Å². The minimum atomic E-state index is -0.407. The summed E-state index contributed by atoms with van der Waals surface area (Å²) in [6.07, 6.45) is 0. The van der Waals surface area contributed by atoms with Crippen molar-refractivity contribution in [3.63, 3.8) is 0 Å². The van der Waals surface area contributed by atoms with Crippen LogP contribution in [0.1, 0.15) is 11.1 Å². The SMILES string of the molecule is COc1ccc(CNc2cccc(F)c2N)cc1C. The van der Waals surface area contributed by atoms with Crippen LogP contribution in [0.2, 0.25) is 0 Å². The maximum absolute atomic E-state index is 13.3. The summed E-state index contributed by atoms with van der Waals surface area (Å²) in [7, 11) is 1.65. The number of anilines is 2. The van der Waals surface area contributed by atoms with E-state index >= 15 is 0 Å². The zero-order chi connectivity index (χ0) is 13.8. The van der Waals surface area contributed by atoms with Crippen LogP contribution in [0.25, 0.3) is 0 Å². The monoisotopic (exact) mass is 260 g/mol. The number of ether oxygens (including phenoxy) is 1. The maximum atomic E-state index is 13.3. The van der Waals surface area contributed by atoms with Crippen LogP contribution in [-0.2, 0) is 6.54 Å². The molecule has 0 saturated carbocycles. The molecule has 0 spiro atoms. The lowest BCUT2D eigenvalue weighted by Crippen LogP contribution is -2.04. The van der Waals surface area contributed by atoms with E-state index in [2.05, 4.69) is 5.32 Å². The van der Waals surface area contributed by atoms with Crippen LogP contribution in [0.4, 0.5) is 15.8 Å². The first-order chi connectivity index (χ1) is 9.11. The summed E-state index contributed by atoms with van der Waals surface area (Å²) in [6, 6.07) is 10.6. The number of methoxy groups -OCH3 is 1. The minimum Gasteiger partial charge on any atom is -0.496 e. The quantitative estimate of drug-likeness (QED) is 0.829. The van der Waals surface area contributed by atoms with E-state index in [9.17, 15) is 4.39 Å². The highest BCUT2D eigenvalue weighted by Gasteiger charge is 2.04. The molecule has 0 heterocycles. The second-order valence-corrected chi connectivity index (χ2v) is 4.36. The van der Waals surface area contributed by atoms with Crippen LogP contribution < -0.4 is 15.8 Å². The summed E-state index contributed by atoms with van der Waals surface area (Å²) in [5.41, 5.74) is 8.56. The highest BCUT2D eigenvalue weighted by molar-refractivity contribution is 5.66. The molecule has 3 N–H and O–H groups in total. The van der Waals surface area contributed by atoms with E-state index in [1.54, 1.807) is 19.2 Å². The third-order valence-electron chi connectivity index (χ3n) is 3.00. The molecule has 100 valence electrons. The molecule has 0 bridgehead atoms. The maximum Gasteiger partial charge on any atom is 0.148 e. The highest BCUT2D eigenvalue weighted by atomic mass is 19.1. The predicted octanol–water partition coefficient (Wildman–Crippen LogP) is 3.34. The third-order valence-corrected chi connectivity index (χ3v) is 3.00. The summed E-state index contributed by atoms with van der Waals surface area (Å²) >= 11 is 0. The molecule has 0 unspecified atom stereocenters. The molecule has 0 aliphatic carbocycles. The van der Waals surface area contributed by atoms with Crippen LogP contribution in [-0.4, -0.2) is 7.11 Å². The van der Waals surface area contributed by atoms with Gasteiger partial charge in [0.05, 0.1) is 18.5 Å². The van der Waals surface area contributed by atoms with E-state index in [0.29, 0.717) is 12.2 Å². The van der Waals surface area contributed by atoms with Gasteiger partial charge in [0.15, 0.2) is 0 Å². The van der Waals surface area contributed by atoms with Crippen molar-refractivity contribution in [2.45, 2.75) is 13.5 Å². The lowest BCUT2D eigenvalue weighted by Gasteiger charge is -2.11. The van der Waals surface area contributed by atoms with Crippen molar-refractivity contribution >= 4 is 11.4 Å². The molecule has 0 aromatic heterocycles. The van der Waals surface area contributed by atoms with Crippen LogP contribution >= 0.6 is 0 Å². The van der Waals surface area contributed by atoms with Gasteiger partial charge in [-0.25, -0.2) is 4.39 Å². The van der Waals surface area contributed by atoms with Crippen molar-refractivity contribution < 1.29 is 9.13 Å². The van der Waals surface area contributed by atoms with E-state index in [1.165, 1.54) is 6.07 Å². The predicted molar refractivity (Wildman–Crippen MR) is 75.9 cm³/mol. The number of nitrogens with two attached hydrogens (primary N) is 1. The number of benzene rings is 2. The highest BCUT2D eigenvalue weighted by Crippen LogP contribution is 2.23. The molecule has 3 nitrogen and oxygen atoms in total. The summed E-state index contributed by atoms with van der Waals surface area (Å²) in [4.78, 5) is 0. The molecule has 0 saturated heterocycles. The van der Waals surface area contributed by atoms with Gasteiger partial charge in [0.1, 0.15) is 11.6 Å². The standard InChI is InChI=1S/C15H17FN2O/c1-10-8-11(6-7-14(10)19-2)9-18-13-5-3-4-12(16)15(13)17/h3-8,18H,9,17H2,1-2H3. The van der Waals surface area contributed by atoms with Gasteiger partial charge in [-0.15, -0.1) is 0 Å². The van der Waals surface area contributed by atoms with Gasteiger partial charge in [0.25, 0.3) is 0 Å². The first kappa shape index (κ1) is 13.2. The van der Waals surface area contributed by atoms with Crippen LogP contribution in [0, 0.1) is 12.7 Å². The van der Waals surface area contributed by atoms with Gasteiger partial charge in [-0.3, -0.25) is 0 Å². The fraction of sp³-hybridized carbons (Fsp3) is 0.200. The molecule has 4 heteroatoms. The number of halogens is 1. The lowest BCUT2D eigenvalue weighted by molar-refractivity contribution is 0.411. The fourth-order valence-electron chi connectivity index (χ4n) is 1.94. The molecule has 2 aromatic rings. The van der Waals surface area contributed by atoms with Crippen LogP contribution in [0.3, 0.4) is 0 Å². The van der Waals surface area contributed by atoms with E-state index in [1.807, 2.05) is 25.1 Å².